The van der Waals surface area contributed by atoms with Gasteiger partial charge in [-0.25, -0.2) is 0 Å². The number of hydrogen-bond acceptors (Lipinski definition) is 6. The standard InChI is InChI=1S/C57H98O6/c1-4-7-10-13-16-19-22-25-27-28-30-32-35-38-41-44-47-50-56(59)62-53-54(52-61-55(58)49-46-43-40-37-34-31-24-21-18-15-12-9-6-3)63-57(60)51-48-45-42-39-36-33-29-26-23-20-17-14-11-8-5-2/h9,12,15-16,18-21,23-25,27,54H,4-8,10-11,13-14,17,22,26,28-53H2,1-3H3/b12-9-,18-15-,19-16-,23-20-,24-21-,27-25-. The molecule has 0 aliphatic heterocycles. The summed E-state index contributed by atoms with van der Waals surface area (Å²) in [7, 11) is 0. The molecule has 6 heteroatoms. The highest BCUT2D eigenvalue weighted by atomic mass is 16.6. The van der Waals surface area contributed by atoms with Crippen molar-refractivity contribution in [3.05, 3.63) is 72.9 Å². The predicted octanol–water partition coefficient (Wildman–Crippen LogP) is 17.4. The number of esters is 3. The topological polar surface area (TPSA) is 78.9 Å². The van der Waals surface area contributed by atoms with Gasteiger partial charge < -0.3 is 14.2 Å². The summed E-state index contributed by atoms with van der Waals surface area (Å²) in [4.78, 5) is 38.0. The van der Waals surface area contributed by atoms with Gasteiger partial charge in [0.25, 0.3) is 0 Å². The minimum atomic E-state index is -0.789. The summed E-state index contributed by atoms with van der Waals surface area (Å²) < 4.78 is 16.8. The summed E-state index contributed by atoms with van der Waals surface area (Å²) >= 11 is 0. The lowest BCUT2D eigenvalue weighted by Gasteiger charge is -2.18. The van der Waals surface area contributed by atoms with Gasteiger partial charge in [-0.15, -0.1) is 0 Å². The Hall–Kier alpha value is -3.15. The number of allylic oxidation sites excluding steroid dienone is 12. The van der Waals surface area contributed by atoms with Crippen molar-refractivity contribution < 1.29 is 28.6 Å². The summed E-state index contributed by atoms with van der Waals surface area (Å²) in [5.41, 5.74) is 0. The van der Waals surface area contributed by atoms with Crippen molar-refractivity contribution in [2.45, 2.75) is 258 Å². The Morgan fingerprint density at radius 2 is 0.683 bits per heavy atom. The second-order valence-electron chi connectivity index (χ2n) is 17.5. The molecule has 0 saturated carbocycles. The molecular formula is C57H98O6. The van der Waals surface area contributed by atoms with Crippen LogP contribution in [0.2, 0.25) is 0 Å². The highest BCUT2D eigenvalue weighted by Crippen LogP contribution is 2.14. The Bertz CT molecular complexity index is 1190. The Morgan fingerprint density at radius 1 is 0.349 bits per heavy atom. The Labute approximate surface area is 389 Å². The van der Waals surface area contributed by atoms with E-state index in [2.05, 4.69) is 93.7 Å². The summed E-state index contributed by atoms with van der Waals surface area (Å²) in [6, 6.07) is 0. The SMILES string of the molecule is CC\C=C/C=C\C=C/CCCCCCCC(=O)OCC(COC(=O)CCCCCCCCC/C=C\C/C=C\CCCCC)OC(=O)CCCCCCCCC/C=C\CCCCCC. The molecule has 0 amide bonds. The first-order valence-electron chi connectivity index (χ1n) is 26.5. The van der Waals surface area contributed by atoms with Crippen LogP contribution in [0.25, 0.3) is 0 Å². The summed E-state index contributed by atoms with van der Waals surface area (Å²) in [5.74, 6) is -0.918. The highest BCUT2D eigenvalue weighted by molar-refractivity contribution is 5.71. The van der Waals surface area contributed by atoms with Gasteiger partial charge in [0.05, 0.1) is 0 Å². The molecule has 0 aromatic heterocycles. The Morgan fingerprint density at radius 3 is 1.13 bits per heavy atom. The monoisotopic (exact) mass is 879 g/mol. The fraction of sp³-hybridized carbons (Fsp3) is 0.737. The van der Waals surface area contributed by atoms with E-state index in [4.69, 9.17) is 14.2 Å². The molecule has 0 fully saturated rings. The number of carbonyl (C=O) groups is 3. The fourth-order valence-corrected chi connectivity index (χ4v) is 7.23. The highest BCUT2D eigenvalue weighted by Gasteiger charge is 2.19. The normalized spacial score (nSPS) is 12.6. The molecule has 6 nitrogen and oxygen atoms in total. The molecule has 0 aromatic rings. The van der Waals surface area contributed by atoms with Crippen LogP contribution in [0.1, 0.15) is 252 Å². The van der Waals surface area contributed by atoms with Crippen LogP contribution in [0, 0.1) is 0 Å². The zero-order valence-electron chi connectivity index (χ0n) is 41.3. The van der Waals surface area contributed by atoms with E-state index in [1.54, 1.807) is 0 Å². The predicted molar refractivity (Wildman–Crippen MR) is 270 cm³/mol. The molecule has 63 heavy (non-hydrogen) atoms. The van der Waals surface area contributed by atoms with Crippen LogP contribution in [0.4, 0.5) is 0 Å². The first kappa shape index (κ1) is 59.9. The number of carbonyl (C=O) groups excluding carboxylic acids is 3. The molecule has 0 aliphatic carbocycles. The third-order valence-electron chi connectivity index (χ3n) is 11.2. The van der Waals surface area contributed by atoms with Crippen molar-refractivity contribution in [3.63, 3.8) is 0 Å². The average molecular weight is 879 g/mol. The van der Waals surface area contributed by atoms with E-state index in [0.29, 0.717) is 19.3 Å². The first-order chi connectivity index (χ1) is 31.0. The summed E-state index contributed by atoms with van der Waals surface area (Å²) in [6.45, 7) is 6.45. The zero-order chi connectivity index (χ0) is 45.8. The molecule has 0 saturated heterocycles. The Kier molecular flexibility index (Phi) is 48.9. The minimum absolute atomic E-state index is 0.0880. The van der Waals surface area contributed by atoms with Gasteiger partial charge in [-0.05, 0) is 96.3 Å². The zero-order valence-corrected chi connectivity index (χ0v) is 41.3. The van der Waals surface area contributed by atoms with E-state index in [0.717, 1.165) is 96.3 Å². The van der Waals surface area contributed by atoms with E-state index >= 15 is 0 Å². The van der Waals surface area contributed by atoms with Crippen molar-refractivity contribution in [2.24, 2.45) is 0 Å². The van der Waals surface area contributed by atoms with Crippen LogP contribution < -0.4 is 0 Å². The van der Waals surface area contributed by atoms with E-state index in [9.17, 15) is 14.4 Å². The maximum atomic E-state index is 12.8. The number of hydrogen-bond donors (Lipinski definition) is 0. The number of ether oxygens (including phenoxy) is 3. The Balaban J connectivity index is 4.41. The van der Waals surface area contributed by atoms with Crippen LogP contribution in [0.15, 0.2) is 72.9 Å². The lowest BCUT2D eigenvalue weighted by molar-refractivity contribution is -0.167. The van der Waals surface area contributed by atoms with Crippen molar-refractivity contribution in [3.8, 4) is 0 Å². The lowest BCUT2D eigenvalue weighted by Crippen LogP contribution is -2.30. The van der Waals surface area contributed by atoms with Crippen LogP contribution in [-0.2, 0) is 28.6 Å². The van der Waals surface area contributed by atoms with Gasteiger partial charge >= 0.3 is 17.9 Å². The van der Waals surface area contributed by atoms with Crippen LogP contribution in [0.3, 0.4) is 0 Å². The third-order valence-corrected chi connectivity index (χ3v) is 11.2. The average Bonchev–Trinajstić information content (AvgIpc) is 3.28. The maximum absolute atomic E-state index is 12.8. The molecule has 0 spiro atoms. The van der Waals surface area contributed by atoms with Crippen molar-refractivity contribution in [1.29, 1.82) is 0 Å². The molecule has 0 rings (SSSR count). The van der Waals surface area contributed by atoms with Gasteiger partial charge in [-0.3, -0.25) is 14.4 Å². The molecule has 0 aromatic carbocycles. The van der Waals surface area contributed by atoms with Crippen molar-refractivity contribution in [1.82, 2.24) is 0 Å². The number of unbranched alkanes of at least 4 members (excludes halogenated alkanes) is 26. The van der Waals surface area contributed by atoms with Crippen LogP contribution in [0.5, 0.6) is 0 Å². The van der Waals surface area contributed by atoms with E-state index in [1.165, 1.54) is 116 Å². The molecule has 1 unspecified atom stereocenters. The fourth-order valence-electron chi connectivity index (χ4n) is 7.23. The summed E-state index contributed by atoms with van der Waals surface area (Å²) in [6.07, 6.45) is 64.5. The molecule has 0 heterocycles. The van der Waals surface area contributed by atoms with E-state index in [1.807, 2.05) is 0 Å². The van der Waals surface area contributed by atoms with Crippen molar-refractivity contribution in [2.75, 3.05) is 13.2 Å². The molecule has 0 bridgehead atoms. The van der Waals surface area contributed by atoms with Gasteiger partial charge in [0, 0.05) is 19.3 Å². The summed E-state index contributed by atoms with van der Waals surface area (Å²) in [5, 5.41) is 0. The molecule has 0 N–H and O–H groups in total. The molecular weight excluding hydrogens is 781 g/mol. The maximum Gasteiger partial charge on any atom is 0.306 e. The molecule has 0 radical (unpaired) electrons. The van der Waals surface area contributed by atoms with Crippen LogP contribution >= 0.6 is 0 Å². The van der Waals surface area contributed by atoms with E-state index in [-0.39, 0.29) is 31.1 Å². The number of rotatable bonds is 47. The third kappa shape index (κ3) is 49.7. The van der Waals surface area contributed by atoms with Crippen LogP contribution in [-0.4, -0.2) is 37.2 Å². The second-order valence-corrected chi connectivity index (χ2v) is 17.5. The van der Waals surface area contributed by atoms with E-state index < -0.39 is 6.10 Å². The van der Waals surface area contributed by atoms with Crippen molar-refractivity contribution >= 4 is 17.9 Å². The smallest absolute Gasteiger partial charge is 0.306 e. The van der Waals surface area contributed by atoms with Gasteiger partial charge in [-0.2, -0.15) is 0 Å². The van der Waals surface area contributed by atoms with Gasteiger partial charge in [0.15, 0.2) is 6.10 Å². The molecule has 0 aliphatic rings. The molecule has 1 atom stereocenters. The second kappa shape index (κ2) is 51.5. The molecule has 362 valence electrons. The van der Waals surface area contributed by atoms with Gasteiger partial charge in [0.1, 0.15) is 13.2 Å². The first-order valence-corrected chi connectivity index (χ1v) is 26.5. The quantitative estimate of drug-likeness (QED) is 0.0199. The van der Waals surface area contributed by atoms with Gasteiger partial charge in [0.2, 0.25) is 0 Å². The minimum Gasteiger partial charge on any atom is -0.462 e. The van der Waals surface area contributed by atoms with Gasteiger partial charge in [-0.1, -0.05) is 209 Å². The lowest BCUT2D eigenvalue weighted by atomic mass is 10.1. The largest absolute Gasteiger partial charge is 0.462 e.